The molecule has 0 fully saturated rings. The third-order valence-corrected chi connectivity index (χ3v) is 4.40. The second-order valence-electron chi connectivity index (χ2n) is 7.08. The summed E-state index contributed by atoms with van der Waals surface area (Å²) in [6, 6.07) is 9.90. The number of aromatic nitrogens is 5. The normalized spacial score (nSPS) is 12.0. The van der Waals surface area contributed by atoms with Crippen molar-refractivity contribution in [1.82, 2.24) is 24.1 Å². The maximum atomic E-state index is 10.4. The Kier molecular flexibility index (Phi) is 3.66. The van der Waals surface area contributed by atoms with Crippen molar-refractivity contribution in [3.05, 3.63) is 60.3 Å². The van der Waals surface area contributed by atoms with Crippen LogP contribution in [-0.4, -0.2) is 29.3 Å². The number of fused-ring (bicyclic) bond motifs is 1. The largest absolute Gasteiger partial charge is 0.384 e. The van der Waals surface area contributed by atoms with Crippen LogP contribution in [0.1, 0.15) is 25.2 Å². The van der Waals surface area contributed by atoms with Crippen LogP contribution in [0.25, 0.3) is 28.2 Å². The molecule has 132 valence electrons. The Morgan fingerprint density at radius 1 is 1.08 bits per heavy atom. The monoisotopic (exact) mass is 347 g/mol. The molecule has 0 bridgehead atoms. The van der Waals surface area contributed by atoms with E-state index in [4.69, 9.17) is 0 Å². The van der Waals surface area contributed by atoms with E-state index in [1.165, 1.54) is 0 Å². The minimum atomic E-state index is -0.978. The number of rotatable bonds is 3. The molecule has 6 nitrogen and oxygen atoms in total. The maximum Gasteiger partial charge on any atom is 0.137 e. The molecule has 0 aliphatic carbocycles. The lowest BCUT2D eigenvalue weighted by Gasteiger charge is -2.17. The van der Waals surface area contributed by atoms with E-state index in [-0.39, 0.29) is 0 Å². The summed E-state index contributed by atoms with van der Waals surface area (Å²) in [6.45, 7) is 5.49. The van der Waals surface area contributed by atoms with Crippen molar-refractivity contribution in [3.63, 3.8) is 0 Å². The fraction of sp³-hybridized carbons (Fsp3) is 0.250. The van der Waals surface area contributed by atoms with E-state index in [2.05, 4.69) is 15.1 Å². The average molecular weight is 347 g/mol. The number of imidazole rings is 1. The van der Waals surface area contributed by atoms with Gasteiger partial charge in [0.25, 0.3) is 0 Å². The predicted molar refractivity (Wildman–Crippen MR) is 101 cm³/mol. The minimum Gasteiger partial charge on any atom is -0.384 e. The van der Waals surface area contributed by atoms with Crippen molar-refractivity contribution in [2.45, 2.75) is 26.4 Å². The molecular formula is C20H21N5O. The Morgan fingerprint density at radius 2 is 1.88 bits per heavy atom. The van der Waals surface area contributed by atoms with Crippen LogP contribution in [0.5, 0.6) is 0 Å². The summed E-state index contributed by atoms with van der Waals surface area (Å²) in [4.78, 5) is 9.00. The highest BCUT2D eigenvalue weighted by Gasteiger charge is 2.21. The highest BCUT2D eigenvalue weighted by atomic mass is 16.3. The SMILES string of the molecule is Cc1cccc(-c2nn(C)cc2-c2ccc3ncc(C(C)(C)O)n3c2)n1. The molecule has 4 rings (SSSR count). The van der Waals surface area contributed by atoms with E-state index in [1.54, 1.807) is 24.7 Å². The Morgan fingerprint density at radius 3 is 2.62 bits per heavy atom. The molecule has 4 heterocycles. The number of nitrogens with zero attached hydrogens (tertiary/aromatic N) is 5. The van der Waals surface area contributed by atoms with Gasteiger partial charge in [-0.05, 0) is 45.0 Å². The molecule has 0 aliphatic heterocycles. The molecule has 0 unspecified atom stereocenters. The maximum absolute atomic E-state index is 10.4. The standard InChI is InChI=1S/C20H21N5O/c1-13-6-5-7-16(22-13)19-15(12-24(4)23-19)14-8-9-18-21-10-17(20(2,3)26)25(18)11-14/h5-12,26H,1-4H3. The zero-order valence-corrected chi connectivity index (χ0v) is 15.3. The van der Waals surface area contributed by atoms with Gasteiger partial charge in [0.15, 0.2) is 0 Å². The number of hydrogen-bond donors (Lipinski definition) is 1. The van der Waals surface area contributed by atoms with Crippen molar-refractivity contribution >= 4 is 5.65 Å². The quantitative estimate of drug-likeness (QED) is 0.617. The number of hydrogen-bond acceptors (Lipinski definition) is 4. The van der Waals surface area contributed by atoms with Crippen molar-refractivity contribution in [2.24, 2.45) is 7.05 Å². The lowest BCUT2D eigenvalue weighted by molar-refractivity contribution is 0.0730. The summed E-state index contributed by atoms with van der Waals surface area (Å²) >= 11 is 0. The fourth-order valence-corrected chi connectivity index (χ4v) is 3.16. The highest BCUT2D eigenvalue weighted by Crippen LogP contribution is 2.31. The zero-order valence-electron chi connectivity index (χ0n) is 15.3. The second-order valence-corrected chi connectivity index (χ2v) is 7.08. The van der Waals surface area contributed by atoms with Gasteiger partial charge in [-0.3, -0.25) is 9.67 Å². The van der Waals surface area contributed by atoms with Gasteiger partial charge in [-0.2, -0.15) is 5.10 Å². The summed E-state index contributed by atoms with van der Waals surface area (Å²) < 4.78 is 3.72. The van der Waals surface area contributed by atoms with Crippen LogP contribution in [0.4, 0.5) is 0 Å². The van der Waals surface area contributed by atoms with Gasteiger partial charge in [-0.1, -0.05) is 6.07 Å². The van der Waals surface area contributed by atoms with Gasteiger partial charge in [0.1, 0.15) is 16.9 Å². The van der Waals surface area contributed by atoms with Crippen LogP contribution in [0.3, 0.4) is 0 Å². The Hall–Kier alpha value is -2.99. The van der Waals surface area contributed by atoms with Gasteiger partial charge in [-0.15, -0.1) is 0 Å². The molecule has 0 spiro atoms. The van der Waals surface area contributed by atoms with Gasteiger partial charge in [0.05, 0.1) is 17.6 Å². The molecule has 0 saturated carbocycles. The van der Waals surface area contributed by atoms with Gasteiger partial charge < -0.3 is 9.51 Å². The van der Waals surface area contributed by atoms with Crippen LogP contribution in [0.15, 0.2) is 48.9 Å². The molecule has 0 radical (unpaired) electrons. The molecule has 1 N–H and O–H groups in total. The van der Waals surface area contributed by atoms with Gasteiger partial charge in [0.2, 0.25) is 0 Å². The van der Waals surface area contributed by atoms with E-state index in [1.807, 2.05) is 61.1 Å². The molecule has 0 amide bonds. The summed E-state index contributed by atoms with van der Waals surface area (Å²) in [7, 11) is 1.90. The minimum absolute atomic E-state index is 0.744. The lowest BCUT2D eigenvalue weighted by Crippen LogP contribution is -2.18. The van der Waals surface area contributed by atoms with E-state index in [9.17, 15) is 5.11 Å². The fourth-order valence-electron chi connectivity index (χ4n) is 3.16. The predicted octanol–water partition coefficient (Wildman–Crippen LogP) is 3.33. The topological polar surface area (TPSA) is 68.2 Å². The average Bonchev–Trinajstić information content (AvgIpc) is 3.17. The molecule has 4 aromatic rings. The zero-order chi connectivity index (χ0) is 18.5. The first-order valence-electron chi connectivity index (χ1n) is 8.51. The van der Waals surface area contributed by atoms with E-state index >= 15 is 0 Å². The summed E-state index contributed by atoms with van der Waals surface area (Å²) in [5.41, 5.74) is 5.17. The van der Waals surface area contributed by atoms with Crippen LogP contribution in [0.2, 0.25) is 0 Å². The molecule has 4 aromatic heterocycles. The van der Waals surface area contributed by atoms with Gasteiger partial charge >= 0.3 is 0 Å². The molecule has 0 atom stereocenters. The van der Waals surface area contributed by atoms with Crippen molar-refractivity contribution in [2.75, 3.05) is 0 Å². The smallest absolute Gasteiger partial charge is 0.137 e. The summed E-state index contributed by atoms with van der Waals surface area (Å²) in [6.07, 6.45) is 5.69. The van der Waals surface area contributed by atoms with Crippen molar-refractivity contribution in [3.8, 4) is 22.5 Å². The first-order chi connectivity index (χ1) is 12.3. The highest BCUT2D eigenvalue weighted by molar-refractivity contribution is 5.79. The second kappa shape index (κ2) is 5.78. The Labute approximate surface area is 151 Å². The third kappa shape index (κ3) is 2.78. The van der Waals surface area contributed by atoms with Crippen LogP contribution < -0.4 is 0 Å². The molecule has 0 aliphatic rings. The molecule has 26 heavy (non-hydrogen) atoms. The first kappa shape index (κ1) is 16.5. The Bertz CT molecular complexity index is 1100. The van der Waals surface area contributed by atoms with E-state index in [0.29, 0.717) is 0 Å². The summed E-state index contributed by atoms with van der Waals surface area (Å²) in [5.74, 6) is 0. The van der Waals surface area contributed by atoms with Gasteiger partial charge in [-0.25, -0.2) is 4.98 Å². The Balaban J connectivity index is 1.91. The van der Waals surface area contributed by atoms with E-state index in [0.717, 1.165) is 39.5 Å². The van der Waals surface area contributed by atoms with Crippen LogP contribution in [0, 0.1) is 6.92 Å². The number of aliphatic hydroxyl groups is 1. The van der Waals surface area contributed by atoms with Crippen LogP contribution in [-0.2, 0) is 12.6 Å². The summed E-state index contributed by atoms with van der Waals surface area (Å²) in [5, 5.41) is 15.0. The first-order valence-corrected chi connectivity index (χ1v) is 8.51. The number of aryl methyl sites for hydroxylation is 2. The van der Waals surface area contributed by atoms with Crippen molar-refractivity contribution < 1.29 is 5.11 Å². The van der Waals surface area contributed by atoms with Crippen LogP contribution >= 0.6 is 0 Å². The van der Waals surface area contributed by atoms with Crippen molar-refractivity contribution in [1.29, 1.82) is 0 Å². The van der Waals surface area contributed by atoms with Gasteiger partial charge in [0, 0.05) is 36.3 Å². The van der Waals surface area contributed by atoms with E-state index < -0.39 is 5.60 Å². The lowest BCUT2D eigenvalue weighted by atomic mass is 10.0. The molecule has 0 aromatic carbocycles. The molecule has 0 saturated heterocycles. The number of pyridine rings is 2. The third-order valence-electron chi connectivity index (χ3n) is 4.40. The molecule has 6 heteroatoms. The molecular weight excluding hydrogens is 326 g/mol.